The number of nitrogens with one attached hydrogen (secondary N) is 2. The number of benzene rings is 2. The number of nitrogens with zero attached hydrogens (tertiary/aromatic N) is 1. The van der Waals surface area contributed by atoms with Crippen molar-refractivity contribution < 1.29 is 9.59 Å². The number of carbonyl (C=O) groups is 2. The van der Waals surface area contributed by atoms with Crippen LogP contribution in [0, 0.1) is 0 Å². The third-order valence-corrected chi connectivity index (χ3v) is 4.16. The van der Waals surface area contributed by atoms with Crippen molar-refractivity contribution in [2.45, 2.75) is 6.92 Å². The van der Waals surface area contributed by atoms with Crippen molar-refractivity contribution >= 4 is 45.4 Å². The van der Waals surface area contributed by atoms with E-state index >= 15 is 0 Å². The largest absolute Gasteiger partial charge is 0.376 e. The fraction of sp³-hybridized carbons (Fsp3) is 0.105. The van der Waals surface area contributed by atoms with E-state index in [0.29, 0.717) is 22.0 Å². The van der Waals surface area contributed by atoms with Crippen LogP contribution >= 0.6 is 11.6 Å². The Labute approximate surface area is 150 Å². The number of carbonyl (C=O) groups excluding carboxylic acids is 2. The minimum atomic E-state index is -0.233. The maximum absolute atomic E-state index is 12.2. The Hall–Kier alpha value is -2.92. The Balaban J connectivity index is 1.68. The highest BCUT2D eigenvalue weighted by molar-refractivity contribution is 6.38. The van der Waals surface area contributed by atoms with Gasteiger partial charge in [0, 0.05) is 34.4 Å². The van der Waals surface area contributed by atoms with E-state index in [1.807, 2.05) is 6.07 Å². The second-order valence-electron chi connectivity index (χ2n) is 5.56. The van der Waals surface area contributed by atoms with Crippen molar-refractivity contribution in [3.8, 4) is 0 Å². The molecule has 0 atom stereocenters. The minimum absolute atomic E-state index is 0.0227. The molecule has 0 fully saturated rings. The molecule has 1 aromatic heterocycles. The molecule has 0 aliphatic rings. The lowest BCUT2D eigenvalue weighted by molar-refractivity contribution is -0.114. The number of Topliss-reactive ketones (excluding diaryl/α,β-unsaturated/α-hetero) is 1. The first-order valence-corrected chi connectivity index (χ1v) is 8.09. The zero-order valence-electron chi connectivity index (χ0n) is 13.5. The van der Waals surface area contributed by atoms with Crippen LogP contribution in [0.3, 0.4) is 0 Å². The number of aromatic nitrogens is 1. The Morgan fingerprint density at radius 1 is 1.16 bits per heavy atom. The smallest absolute Gasteiger partial charge is 0.243 e. The fourth-order valence-corrected chi connectivity index (χ4v) is 2.73. The predicted molar refractivity (Wildman–Crippen MR) is 100 cm³/mol. The molecule has 5 nitrogen and oxygen atoms in total. The van der Waals surface area contributed by atoms with Crippen LogP contribution in [-0.2, 0) is 4.79 Å². The lowest BCUT2D eigenvalue weighted by Crippen LogP contribution is -2.22. The van der Waals surface area contributed by atoms with E-state index in [1.54, 1.807) is 48.8 Å². The highest BCUT2D eigenvalue weighted by Crippen LogP contribution is 2.30. The van der Waals surface area contributed by atoms with Gasteiger partial charge in [0.25, 0.3) is 0 Å². The zero-order chi connectivity index (χ0) is 17.8. The van der Waals surface area contributed by atoms with E-state index in [1.165, 1.54) is 6.92 Å². The van der Waals surface area contributed by atoms with Crippen LogP contribution < -0.4 is 10.6 Å². The van der Waals surface area contributed by atoms with E-state index in [4.69, 9.17) is 11.6 Å². The van der Waals surface area contributed by atoms with E-state index in [0.717, 1.165) is 10.8 Å². The summed E-state index contributed by atoms with van der Waals surface area (Å²) in [7, 11) is 0. The molecule has 0 saturated carbocycles. The predicted octanol–water partition coefficient (Wildman–Crippen LogP) is 4.14. The average molecular weight is 354 g/mol. The van der Waals surface area contributed by atoms with Crippen molar-refractivity contribution in [2.24, 2.45) is 0 Å². The highest BCUT2D eigenvalue weighted by Gasteiger charge is 2.09. The third kappa shape index (κ3) is 3.95. The van der Waals surface area contributed by atoms with Gasteiger partial charge in [0.15, 0.2) is 5.78 Å². The molecular weight excluding hydrogens is 338 g/mol. The van der Waals surface area contributed by atoms with Gasteiger partial charge in [-0.15, -0.1) is 0 Å². The number of fused-ring (bicyclic) bond motifs is 1. The van der Waals surface area contributed by atoms with Gasteiger partial charge in [-0.05, 0) is 31.2 Å². The van der Waals surface area contributed by atoms with Crippen LogP contribution in [0.1, 0.15) is 17.3 Å². The molecule has 0 aliphatic heterocycles. The lowest BCUT2D eigenvalue weighted by atomic mass is 10.1. The molecule has 2 aromatic carbocycles. The third-order valence-electron chi connectivity index (χ3n) is 3.75. The van der Waals surface area contributed by atoms with Crippen molar-refractivity contribution in [3.05, 3.63) is 65.4 Å². The molecule has 126 valence electrons. The number of anilines is 2. The molecule has 1 amide bonds. The maximum Gasteiger partial charge on any atom is 0.243 e. The van der Waals surface area contributed by atoms with E-state index in [-0.39, 0.29) is 18.2 Å². The fourth-order valence-electron chi connectivity index (χ4n) is 2.45. The molecule has 0 spiro atoms. The van der Waals surface area contributed by atoms with E-state index in [9.17, 15) is 9.59 Å². The summed E-state index contributed by atoms with van der Waals surface area (Å²) in [5.41, 5.74) is 1.85. The second kappa shape index (κ2) is 7.32. The summed E-state index contributed by atoms with van der Waals surface area (Å²) in [6, 6.07) is 12.4. The summed E-state index contributed by atoms with van der Waals surface area (Å²) >= 11 is 6.36. The number of rotatable bonds is 5. The van der Waals surface area contributed by atoms with Gasteiger partial charge in [0.1, 0.15) is 0 Å². The topological polar surface area (TPSA) is 71.1 Å². The molecule has 0 radical (unpaired) electrons. The quantitative estimate of drug-likeness (QED) is 0.676. The number of amides is 1. The number of pyridine rings is 1. The second-order valence-corrected chi connectivity index (χ2v) is 5.94. The molecule has 3 aromatic rings. The van der Waals surface area contributed by atoms with Gasteiger partial charge < -0.3 is 10.6 Å². The Bertz CT molecular complexity index is 956. The van der Waals surface area contributed by atoms with Crippen LogP contribution in [0.15, 0.2) is 54.9 Å². The number of hydrogen-bond acceptors (Lipinski definition) is 4. The summed E-state index contributed by atoms with van der Waals surface area (Å²) in [5.74, 6) is -0.255. The van der Waals surface area contributed by atoms with Crippen molar-refractivity contribution in [3.63, 3.8) is 0 Å². The van der Waals surface area contributed by atoms with Crippen LogP contribution in [0.2, 0.25) is 5.02 Å². The molecule has 25 heavy (non-hydrogen) atoms. The minimum Gasteiger partial charge on any atom is -0.376 e. The van der Waals surface area contributed by atoms with Crippen LogP contribution in [0.5, 0.6) is 0 Å². The monoisotopic (exact) mass is 353 g/mol. The van der Waals surface area contributed by atoms with Gasteiger partial charge in [-0.25, -0.2) is 0 Å². The van der Waals surface area contributed by atoms with Gasteiger partial charge in [-0.3, -0.25) is 14.6 Å². The van der Waals surface area contributed by atoms with Crippen molar-refractivity contribution in [1.82, 2.24) is 4.98 Å². The number of hydrogen-bond donors (Lipinski definition) is 2. The Morgan fingerprint density at radius 3 is 2.80 bits per heavy atom. The Morgan fingerprint density at radius 2 is 2.00 bits per heavy atom. The summed E-state index contributed by atoms with van der Waals surface area (Å²) in [6.07, 6.45) is 3.37. The standard InChI is InChI=1S/C19H16ClN3O2/c1-12(24)13-3-2-4-15(9-13)22-11-18(25)23-17-6-5-14-10-21-8-7-16(14)19(17)20/h2-10,22H,11H2,1H3,(H,23,25). The first kappa shape index (κ1) is 16.9. The van der Waals surface area contributed by atoms with Gasteiger partial charge in [0.2, 0.25) is 5.91 Å². The molecule has 6 heteroatoms. The average Bonchev–Trinajstić information content (AvgIpc) is 2.63. The first-order chi connectivity index (χ1) is 12.0. The lowest BCUT2D eigenvalue weighted by Gasteiger charge is -2.11. The van der Waals surface area contributed by atoms with Crippen LogP contribution in [-0.4, -0.2) is 23.2 Å². The van der Waals surface area contributed by atoms with Gasteiger partial charge in [-0.2, -0.15) is 0 Å². The Kier molecular flexibility index (Phi) is 4.95. The van der Waals surface area contributed by atoms with Crippen LogP contribution in [0.4, 0.5) is 11.4 Å². The van der Waals surface area contributed by atoms with Gasteiger partial charge in [-0.1, -0.05) is 29.8 Å². The van der Waals surface area contributed by atoms with Gasteiger partial charge >= 0.3 is 0 Å². The summed E-state index contributed by atoms with van der Waals surface area (Å²) in [5, 5.41) is 8.00. The molecule has 0 saturated heterocycles. The first-order valence-electron chi connectivity index (χ1n) is 7.71. The molecule has 0 unspecified atom stereocenters. The summed E-state index contributed by atoms with van der Waals surface area (Å²) in [4.78, 5) is 27.6. The number of ketones is 1. The molecule has 0 aliphatic carbocycles. The van der Waals surface area contributed by atoms with Gasteiger partial charge in [0.05, 0.1) is 17.3 Å². The normalized spacial score (nSPS) is 10.5. The summed E-state index contributed by atoms with van der Waals surface area (Å²) in [6.45, 7) is 1.56. The SMILES string of the molecule is CC(=O)c1cccc(NCC(=O)Nc2ccc3cnccc3c2Cl)c1. The summed E-state index contributed by atoms with van der Waals surface area (Å²) < 4.78 is 0. The van der Waals surface area contributed by atoms with Crippen molar-refractivity contribution in [1.29, 1.82) is 0 Å². The number of halogens is 1. The molecule has 3 rings (SSSR count). The van der Waals surface area contributed by atoms with E-state index < -0.39 is 0 Å². The van der Waals surface area contributed by atoms with E-state index in [2.05, 4.69) is 15.6 Å². The highest BCUT2D eigenvalue weighted by atomic mass is 35.5. The zero-order valence-corrected chi connectivity index (χ0v) is 14.3. The molecule has 0 bridgehead atoms. The van der Waals surface area contributed by atoms with Crippen molar-refractivity contribution in [2.75, 3.05) is 17.2 Å². The molecule has 2 N–H and O–H groups in total. The maximum atomic E-state index is 12.2. The molecule has 1 heterocycles. The van der Waals surface area contributed by atoms with Crippen LogP contribution in [0.25, 0.3) is 10.8 Å². The molecular formula is C19H16ClN3O2.